The summed E-state index contributed by atoms with van der Waals surface area (Å²) < 4.78 is 17.0. The molecule has 3 rings (SSSR count). The summed E-state index contributed by atoms with van der Waals surface area (Å²) in [6, 6.07) is 10.2. The Morgan fingerprint density at radius 2 is 1.68 bits per heavy atom. The minimum Gasteiger partial charge on any atom is -0.489 e. The van der Waals surface area contributed by atoms with Crippen molar-refractivity contribution in [1.82, 2.24) is 15.8 Å². The van der Waals surface area contributed by atoms with Crippen molar-refractivity contribution in [2.45, 2.75) is 26.3 Å². The molecule has 0 bridgehead atoms. The summed E-state index contributed by atoms with van der Waals surface area (Å²) in [5, 5.41) is 2.75. The topological polar surface area (TPSA) is 101 Å². The Bertz CT molecular complexity index is 1080. The van der Waals surface area contributed by atoms with E-state index in [0.717, 1.165) is 16.9 Å². The van der Waals surface area contributed by atoms with E-state index < -0.39 is 6.03 Å². The first-order valence-corrected chi connectivity index (χ1v) is 12.3. The summed E-state index contributed by atoms with van der Waals surface area (Å²) >= 11 is 0. The van der Waals surface area contributed by atoms with Gasteiger partial charge in [-0.25, -0.2) is 10.2 Å². The summed E-state index contributed by atoms with van der Waals surface area (Å²) in [5.74, 6) is 1.55. The molecule has 9 heteroatoms. The molecule has 3 N–H and O–H groups in total. The van der Waals surface area contributed by atoms with Crippen molar-refractivity contribution in [3.63, 3.8) is 0 Å². The Morgan fingerprint density at radius 1 is 1.03 bits per heavy atom. The van der Waals surface area contributed by atoms with Gasteiger partial charge in [-0.3, -0.25) is 10.2 Å². The summed E-state index contributed by atoms with van der Waals surface area (Å²) in [5.41, 5.74) is 8.61. The SMILES string of the molecule is C=CCOc1cc(OCC=C)c(C(C)C)cc1CNNC(=O)Nc1ccc(C(=O)N2CCOCC2)cc1. The average molecular weight is 509 g/mol. The highest BCUT2D eigenvalue weighted by Gasteiger charge is 2.18. The fourth-order valence-corrected chi connectivity index (χ4v) is 3.80. The fourth-order valence-electron chi connectivity index (χ4n) is 3.80. The van der Waals surface area contributed by atoms with Gasteiger partial charge in [0, 0.05) is 42.5 Å². The Kier molecular flexibility index (Phi) is 10.5. The minimum absolute atomic E-state index is 0.0443. The van der Waals surface area contributed by atoms with Crippen molar-refractivity contribution < 1.29 is 23.8 Å². The number of amides is 3. The molecular formula is C28H36N4O5. The highest BCUT2D eigenvalue weighted by atomic mass is 16.5. The van der Waals surface area contributed by atoms with E-state index >= 15 is 0 Å². The molecule has 0 aromatic heterocycles. The Morgan fingerprint density at radius 3 is 2.30 bits per heavy atom. The van der Waals surface area contributed by atoms with Gasteiger partial charge in [0.25, 0.3) is 5.91 Å². The van der Waals surface area contributed by atoms with Gasteiger partial charge in [-0.15, -0.1) is 0 Å². The maximum atomic E-state index is 12.6. The van der Waals surface area contributed by atoms with E-state index in [2.05, 4.69) is 43.2 Å². The van der Waals surface area contributed by atoms with Crippen molar-refractivity contribution in [1.29, 1.82) is 0 Å². The molecule has 9 nitrogen and oxygen atoms in total. The van der Waals surface area contributed by atoms with E-state index in [9.17, 15) is 9.59 Å². The number of hydrazine groups is 1. The lowest BCUT2D eigenvalue weighted by Gasteiger charge is -2.26. The molecule has 0 aliphatic carbocycles. The highest BCUT2D eigenvalue weighted by molar-refractivity contribution is 5.95. The molecule has 0 radical (unpaired) electrons. The van der Waals surface area contributed by atoms with E-state index in [1.165, 1.54) is 0 Å². The van der Waals surface area contributed by atoms with Crippen LogP contribution in [0.5, 0.6) is 11.5 Å². The van der Waals surface area contributed by atoms with Crippen molar-refractivity contribution in [2.24, 2.45) is 0 Å². The van der Waals surface area contributed by atoms with Crippen LogP contribution in [0, 0.1) is 0 Å². The first-order chi connectivity index (χ1) is 17.9. The van der Waals surface area contributed by atoms with Crippen LogP contribution in [0.4, 0.5) is 10.5 Å². The quantitative estimate of drug-likeness (QED) is 0.293. The number of benzene rings is 2. The third kappa shape index (κ3) is 8.09. The maximum absolute atomic E-state index is 12.6. The fraction of sp³-hybridized carbons (Fsp3) is 0.357. The Balaban J connectivity index is 1.58. The lowest BCUT2D eigenvalue weighted by atomic mass is 9.98. The molecule has 1 saturated heterocycles. The number of rotatable bonds is 12. The molecule has 1 fully saturated rings. The smallest absolute Gasteiger partial charge is 0.333 e. The normalized spacial score (nSPS) is 13.1. The second-order valence-electron chi connectivity index (χ2n) is 8.77. The molecular weight excluding hydrogens is 472 g/mol. The zero-order chi connectivity index (χ0) is 26.6. The molecule has 2 aromatic carbocycles. The number of hydrogen-bond acceptors (Lipinski definition) is 6. The summed E-state index contributed by atoms with van der Waals surface area (Å²) in [7, 11) is 0. The standard InChI is InChI=1S/C28H36N4O5/c1-5-13-36-25-18-26(37-14-6-2)24(20(3)4)17-22(25)19-29-31-28(34)30-23-9-7-21(8-10-23)27(33)32-11-15-35-16-12-32/h5-10,17-18,20,29H,1-2,11-16,19H2,3-4H3,(H2,30,31,34). The number of carbonyl (C=O) groups excluding carboxylic acids is 2. The molecule has 0 saturated carbocycles. The zero-order valence-electron chi connectivity index (χ0n) is 21.5. The number of nitrogens with one attached hydrogen (secondary N) is 3. The Labute approximate surface area is 218 Å². The molecule has 1 aliphatic rings. The van der Waals surface area contributed by atoms with Gasteiger partial charge in [0.05, 0.1) is 13.2 Å². The molecule has 0 atom stereocenters. The van der Waals surface area contributed by atoms with Crippen molar-refractivity contribution in [3.05, 3.63) is 78.4 Å². The van der Waals surface area contributed by atoms with Crippen LogP contribution in [0.25, 0.3) is 0 Å². The van der Waals surface area contributed by atoms with Gasteiger partial charge in [0.1, 0.15) is 24.7 Å². The van der Waals surface area contributed by atoms with Crippen molar-refractivity contribution in [3.8, 4) is 11.5 Å². The molecule has 3 amide bonds. The number of carbonyl (C=O) groups is 2. The largest absolute Gasteiger partial charge is 0.489 e. The van der Waals surface area contributed by atoms with E-state index in [1.54, 1.807) is 41.3 Å². The van der Waals surface area contributed by atoms with E-state index in [0.29, 0.717) is 63.1 Å². The summed E-state index contributed by atoms with van der Waals surface area (Å²) in [6.07, 6.45) is 3.37. The molecule has 0 spiro atoms. The van der Waals surface area contributed by atoms with Gasteiger partial charge in [-0.05, 0) is 41.8 Å². The van der Waals surface area contributed by atoms with Gasteiger partial charge in [-0.2, -0.15) is 0 Å². The molecule has 1 aliphatic heterocycles. The van der Waals surface area contributed by atoms with Crippen LogP contribution >= 0.6 is 0 Å². The summed E-state index contributed by atoms with van der Waals surface area (Å²) in [6.45, 7) is 14.9. The first kappa shape index (κ1) is 27.8. The number of nitrogens with zero attached hydrogens (tertiary/aromatic N) is 1. The predicted molar refractivity (Wildman–Crippen MR) is 144 cm³/mol. The van der Waals surface area contributed by atoms with E-state index in [4.69, 9.17) is 14.2 Å². The van der Waals surface area contributed by atoms with Crippen LogP contribution in [-0.4, -0.2) is 56.4 Å². The lowest BCUT2D eigenvalue weighted by molar-refractivity contribution is 0.0303. The van der Waals surface area contributed by atoms with Gasteiger partial charge in [0.2, 0.25) is 0 Å². The molecule has 37 heavy (non-hydrogen) atoms. The lowest BCUT2D eigenvalue weighted by Crippen LogP contribution is -2.40. The van der Waals surface area contributed by atoms with Crippen LogP contribution < -0.4 is 25.6 Å². The molecule has 198 valence electrons. The number of urea groups is 1. The van der Waals surface area contributed by atoms with Crippen molar-refractivity contribution >= 4 is 17.6 Å². The van der Waals surface area contributed by atoms with Gasteiger partial charge >= 0.3 is 6.03 Å². The third-order valence-corrected chi connectivity index (χ3v) is 5.70. The van der Waals surface area contributed by atoms with Gasteiger partial charge < -0.3 is 24.4 Å². The molecule has 1 heterocycles. The van der Waals surface area contributed by atoms with E-state index in [-0.39, 0.29) is 11.8 Å². The number of anilines is 1. The maximum Gasteiger partial charge on any atom is 0.333 e. The second-order valence-corrected chi connectivity index (χ2v) is 8.77. The highest BCUT2D eigenvalue weighted by Crippen LogP contribution is 2.34. The molecule has 2 aromatic rings. The zero-order valence-corrected chi connectivity index (χ0v) is 21.5. The van der Waals surface area contributed by atoms with Crippen LogP contribution in [0.15, 0.2) is 61.7 Å². The number of morpholine rings is 1. The Hall–Kier alpha value is -3.82. The van der Waals surface area contributed by atoms with E-state index in [1.807, 2.05) is 12.1 Å². The molecule has 0 unspecified atom stereocenters. The first-order valence-electron chi connectivity index (χ1n) is 12.3. The summed E-state index contributed by atoms with van der Waals surface area (Å²) in [4.78, 5) is 26.8. The third-order valence-electron chi connectivity index (χ3n) is 5.70. The van der Waals surface area contributed by atoms with Crippen LogP contribution in [-0.2, 0) is 11.3 Å². The predicted octanol–water partition coefficient (Wildman–Crippen LogP) is 4.24. The van der Waals surface area contributed by atoms with Gasteiger partial charge in [0.15, 0.2) is 0 Å². The van der Waals surface area contributed by atoms with Gasteiger partial charge in [-0.1, -0.05) is 39.2 Å². The van der Waals surface area contributed by atoms with Crippen LogP contribution in [0.3, 0.4) is 0 Å². The average Bonchev–Trinajstić information content (AvgIpc) is 2.91. The second kappa shape index (κ2) is 14.1. The number of hydrogen-bond donors (Lipinski definition) is 3. The minimum atomic E-state index is -0.434. The van der Waals surface area contributed by atoms with Crippen LogP contribution in [0.2, 0.25) is 0 Å². The van der Waals surface area contributed by atoms with Crippen LogP contribution in [0.1, 0.15) is 41.3 Å². The van der Waals surface area contributed by atoms with Crippen molar-refractivity contribution in [2.75, 3.05) is 44.8 Å². The number of ether oxygens (including phenoxy) is 3. The monoisotopic (exact) mass is 508 g/mol.